The first-order valence-corrected chi connectivity index (χ1v) is 12.9. The van der Waals surface area contributed by atoms with Gasteiger partial charge in [0.1, 0.15) is 0 Å². The van der Waals surface area contributed by atoms with Crippen LogP contribution in [0.1, 0.15) is 155 Å². The second-order valence-corrected chi connectivity index (χ2v) is 8.71. The minimum Gasteiger partial charge on any atom is -0.393 e. The normalized spacial score (nSPS) is 11.0. The van der Waals surface area contributed by atoms with E-state index in [1.807, 2.05) is 6.92 Å². The first-order valence-electron chi connectivity index (χ1n) is 12.9. The highest BCUT2D eigenvalue weighted by Gasteiger charge is 2.08. The van der Waals surface area contributed by atoms with Crippen LogP contribution in [0.2, 0.25) is 0 Å². The van der Waals surface area contributed by atoms with Gasteiger partial charge in [-0.3, -0.25) is 9.59 Å². The van der Waals surface area contributed by atoms with Gasteiger partial charge in [-0.15, -0.1) is 0 Å². The van der Waals surface area contributed by atoms with Crippen molar-refractivity contribution in [2.24, 2.45) is 0 Å². The van der Waals surface area contributed by atoms with Crippen LogP contribution in [-0.4, -0.2) is 11.9 Å². The zero-order chi connectivity index (χ0) is 21.4. The van der Waals surface area contributed by atoms with Gasteiger partial charge in [-0.2, -0.15) is 0 Å². The first kappa shape index (κ1) is 28.1. The summed E-state index contributed by atoms with van der Waals surface area (Å²) in [5.41, 5.74) is 0. The summed E-state index contributed by atoms with van der Waals surface area (Å²) in [5, 5.41) is 0. The fourth-order valence-corrected chi connectivity index (χ4v) is 3.78. The second-order valence-electron chi connectivity index (χ2n) is 8.71. The fraction of sp³-hybridized carbons (Fsp3) is 0.923. The molecule has 0 radical (unpaired) electrons. The Bertz CT molecular complexity index is 365. The molecule has 0 aromatic carbocycles. The Hall–Kier alpha value is -0.860. The topological polar surface area (TPSA) is 43.4 Å². The molecule has 0 fully saturated rings. The molecular formula is C26H50O3. The summed E-state index contributed by atoms with van der Waals surface area (Å²) in [5.74, 6) is -0.731. The van der Waals surface area contributed by atoms with Crippen molar-refractivity contribution in [1.29, 1.82) is 0 Å². The molecule has 0 aliphatic rings. The van der Waals surface area contributed by atoms with Crippen LogP contribution >= 0.6 is 0 Å². The molecule has 0 bridgehead atoms. The van der Waals surface area contributed by atoms with Crippen molar-refractivity contribution in [2.75, 3.05) is 0 Å². The number of rotatable bonds is 22. The Kier molecular flexibility index (Phi) is 22.7. The standard InChI is InChI=1S/C26H50O3/c1-3-5-6-7-8-9-10-11-12-13-14-15-16-17-18-19-20-21-22-24-26(28)29-25(27)23-4-2/h3-24H2,1-2H3. The number of hydrogen-bond acceptors (Lipinski definition) is 3. The number of carbonyl (C=O) groups excluding carboxylic acids is 2. The average molecular weight is 411 g/mol. The van der Waals surface area contributed by atoms with E-state index in [2.05, 4.69) is 6.92 Å². The van der Waals surface area contributed by atoms with Crippen LogP contribution in [0.25, 0.3) is 0 Å². The summed E-state index contributed by atoms with van der Waals surface area (Å²) in [6.07, 6.45) is 26.9. The van der Waals surface area contributed by atoms with Crippen LogP contribution in [0.4, 0.5) is 0 Å². The fourth-order valence-electron chi connectivity index (χ4n) is 3.78. The van der Waals surface area contributed by atoms with E-state index in [0.717, 1.165) is 19.3 Å². The van der Waals surface area contributed by atoms with Gasteiger partial charge in [-0.05, 0) is 12.8 Å². The Morgan fingerprint density at radius 2 is 0.724 bits per heavy atom. The van der Waals surface area contributed by atoms with Crippen molar-refractivity contribution in [1.82, 2.24) is 0 Å². The lowest BCUT2D eigenvalue weighted by Gasteiger charge is -2.04. The summed E-state index contributed by atoms with van der Waals surface area (Å²) in [6.45, 7) is 4.19. The first-order chi connectivity index (χ1) is 14.2. The number of esters is 2. The van der Waals surface area contributed by atoms with Gasteiger partial charge >= 0.3 is 11.9 Å². The molecule has 0 aromatic rings. The molecule has 3 nitrogen and oxygen atoms in total. The largest absolute Gasteiger partial charge is 0.393 e. The number of carbonyl (C=O) groups is 2. The monoisotopic (exact) mass is 410 g/mol. The Labute approximate surface area is 181 Å². The molecule has 0 unspecified atom stereocenters. The average Bonchev–Trinajstić information content (AvgIpc) is 2.70. The number of unbranched alkanes of at least 4 members (excludes halogenated alkanes) is 18. The van der Waals surface area contributed by atoms with E-state index in [9.17, 15) is 9.59 Å². The van der Waals surface area contributed by atoms with Crippen molar-refractivity contribution in [3.63, 3.8) is 0 Å². The molecule has 0 aromatic heterocycles. The molecule has 172 valence electrons. The van der Waals surface area contributed by atoms with Gasteiger partial charge in [0.2, 0.25) is 0 Å². The van der Waals surface area contributed by atoms with Crippen LogP contribution in [0.15, 0.2) is 0 Å². The number of ether oxygens (including phenoxy) is 1. The van der Waals surface area contributed by atoms with E-state index < -0.39 is 0 Å². The summed E-state index contributed by atoms with van der Waals surface area (Å²) < 4.78 is 4.75. The molecule has 29 heavy (non-hydrogen) atoms. The van der Waals surface area contributed by atoms with E-state index in [0.29, 0.717) is 12.8 Å². The predicted octanol–water partition coefficient (Wildman–Crippen LogP) is 8.68. The van der Waals surface area contributed by atoms with Crippen molar-refractivity contribution in [3.05, 3.63) is 0 Å². The van der Waals surface area contributed by atoms with E-state index in [1.165, 1.54) is 109 Å². The molecular weight excluding hydrogens is 360 g/mol. The number of hydrogen-bond donors (Lipinski definition) is 0. The molecule has 3 heteroatoms. The minimum atomic E-state index is -0.379. The van der Waals surface area contributed by atoms with Crippen LogP contribution < -0.4 is 0 Å². The lowest BCUT2D eigenvalue weighted by molar-refractivity contribution is -0.159. The lowest BCUT2D eigenvalue weighted by atomic mass is 10.0. The van der Waals surface area contributed by atoms with Crippen molar-refractivity contribution < 1.29 is 14.3 Å². The van der Waals surface area contributed by atoms with E-state index in [4.69, 9.17) is 4.74 Å². The molecule has 0 amide bonds. The molecule has 0 saturated heterocycles. The Morgan fingerprint density at radius 3 is 1.07 bits per heavy atom. The van der Waals surface area contributed by atoms with Crippen LogP contribution in [0.5, 0.6) is 0 Å². The maximum Gasteiger partial charge on any atom is 0.313 e. The van der Waals surface area contributed by atoms with E-state index in [1.54, 1.807) is 0 Å². The molecule has 0 heterocycles. The van der Waals surface area contributed by atoms with Gasteiger partial charge in [-0.25, -0.2) is 0 Å². The molecule has 0 N–H and O–H groups in total. The summed E-state index contributed by atoms with van der Waals surface area (Å²) in [6, 6.07) is 0. The van der Waals surface area contributed by atoms with Crippen molar-refractivity contribution >= 4 is 11.9 Å². The second kappa shape index (κ2) is 23.4. The molecule has 0 atom stereocenters. The van der Waals surface area contributed by atoms with Gasteiger partial charge in [0, 0.05) is 12.8 Å². The zero-order valence-electron chi connectivity index (χ0n) is 19.8. The molecule has 0 aliphatic carbocycles. The predicted molar refractivity (Wildman–Crippen MR) is 124 cm³/mol. The van der Waals surface area contributed by atoms with Gasteiger partial charge in [0.15, 0.2) is 0 Å². The van der Waals surface area contributed by atoms with Crippen LogP contribution in [0, 0.1) is 0 Å². The van der Waals surface area contributed by atoms with E-state index >= 15 is 0 Å². The molecule has 0 spiro atoms. The molecule has 0 rings (SSSR count). The highest BCUT2D eigenvalue weighted by molar-refractivity contribution is 5.85. The van der Waals surface area contributed by atoms with Gasteiger partial charge in [-0.1, -0.05) is 129 Å². The van der Waals surface area contributed by atoms with Crippen LogP contribution in [-0.2, 0) is 14.3 Å². The summed E-state index contributed by atoms with van der Waals surface area (Å²) in [4.78, 5) is 22.7. The van der Waals surface area contributed by atoms with Gasteiger partial charge in [0.25, 0.3) is 0 Å². The van der Waals surface area contributed by atoms with E-state index in [-0.39, 0.29) is 11.9 Å². The maximum atomic E-state index is 11.5. The highest BCUT2D eigenvalue weighted by atomic mass is 16.6. The summed E-state index contributed by atoms with van der Waals surface area (Å²) in [7, 11) is 0. The SMILES string of the molecule is CCCCCCCCCCCCCCCCCCCCCC(=O)OC(=O)CCC. The van der Waals surface area contributed by atoms with Crippen molar-refractivity contribution in [3.8, 4) is 0 Å². The minimum absolute atomic E-state index is 0.338. The quantitative estimate of drug-likeness (QED) is 0.102. The zero-order valence-corrected chi connectivity index (χ0v) is 19.8. The van der Waals surface area contributed by atoms with Gasteiger partial charge in [0.05, 0.1) is 0 Å². The molecule has 0 saturated carbocycles. The highest BCUT2D eigenvalue weighted by Crippen LogP contribution is 2.15. The Morgan fingerprint density at radius 1 is 0.414 bits per heavy atom. The smallest absolute Gasteiger partial charge is 0.313 e. The third-order valence-electron chi connectivity index (χ3n) is 5.67. The Balaban J connectivity index is 3.13. The lowest BCUT2D eigenvalue weighted by Crippen LogP contribution is -2.11. The third-order valence-corrected chi connectivity index (χ3v) is 5.67. The van der Waals surface area contributed by atoms with Gasteiger partial charge < -0.3 is 4.74 Å². The molecule has 0 aliphatic heterocycles. The maximum absolute atomic E-state index is 11.5. The van der Waals surface area contributed by atoms with Crippen LogP contribution in [0.3, 0.4) is 0 Å². The van der Waals surface area contributed by atoms with Crippen molar-refractivity contribution in [2.45, 2.75) is 155 Å². The third kappa shape index (κ3) is 23.3. The summed E-state index contributed by atoms with van der Waals surface area (Å²) >= 11 is 0.